The Hall–Kier alpha value is -3.02. The minimum Gasteiger partial charge on any atom is -0.455 e. The second kappa shape index (κ2) is 8.89. The van der Waals surface area contributed by atoms with Gasteiger partial charge in [-0.15, -0.1) is 0 Å². The molecule has 1 aliphatic carbocycles. The van der Waals surface area contributed by atoms with Gasteiger partial charge in [0, 0.05) is 5.69 Å². The molecular formula is C20H21N3O3. The lowest BCUT2D eigenvalue weighted by Gasteiger charge is -2.10. The van der Waals surface area contributed by atoms with Gasteiger partial charge in [-0.05, 0) is 49.2 Å². The number of azo groups is 1. The normalized spacial score (nSPS) is 14.5. The highest BCUT2D eigenvalue weighted by atomic mass is 16.5. The van der Waals surface area contributed by atoms with E-state index in [4.69, 9.17) is 4.74 Å². The van der Waals surface area contributed by atoms with Crippen molar-refractivity contribution in [2.75, 3.05) is 11.9 Å². The first-order chi connectivity index (χ1) is 12.7. The molecule has 134 valence electrons. The maximum atomic E-state index is 11.9. The van der Waals surface area contributed by atoms with Crippen LogP contribution in [0.15, 0.2) is 64.8 Å². The standard InChI is InChI=1S/C20H21N3O3/c24-19(14-26-20(25)15-6-4-5-7-15)21-16-10-12-18(13-11-16)23-22-17-8-2-1-3-9-17/h1-3,8-13,15H,4-7,14H2,(H,21,24). The summed E-state index contributed by atoms with van der Waals surface area (Å²) >= 11 is 0. The van der Waals surface area contributed by atoms with Crippen molar-refractivity contribution in [1.82, 2.24) is 0 Å². The third-order valence-corrected chi connectivity index (χ3v) is 4.22. The number of anilines is 1. The van der Waals surface area contributed by atoms with Crippen molar-refractivity contribution >= 4 is 28.9 Å². The zero-order chi connectivity index (χ0) is 18.2. The lowest BCUT2D eigenvalue weighted by Crippen LogP contribution is -2.23. The summed E-state index contributed by atoms with van der Waals surface area (Å²) in [5, 5.41) is 11.0. The second-order valence-electron chi connectivity index (χ2n) is 6.22. The predicted octanol–water partition coefficient (Wildman–Crippen LogP) is 4.77. The van der Waals surface area contributed by atoms with Crippen LogP contribution in [0.5, 0.6) is 0 Å². The molecule has 0 atom stereocenters. The molecule has 0 bridgehead atoms. The van der Waals surface area contributed by atoms with Gasteiger partial charge in [0.05, 0.1) is 17.3 Å². The first kappa shape index (κ1) is 17.8. The van der Waals surface area contributed by atoms with Crippen molar-refractivity contribution < 1.29 is 14.3 Å². The number of esters is 1. The Morgan fingerprint density at radius 2 is 1.54 bits per heavy atom. The van der Waals surface area contributed by atoms with Gasteiger partial charge in [0.15, 0.2) is 6.61 Å². The molecule has 6 nitrogen and oxygen atoms in total. The summed E-state index contributed by atoms with van der Waals surface area (Å²) in [6.07, 6.45) is 3.83. The van der Waals surface area contributed by atoms with Crippen molar-refractivity contribution in [3.8, 4) is 0 Å². The number of nitrogens with zero attached hydrogens (tertiary/aromatic N) is 2. The average molecular weight is 351 g/mol. The van der Waals surface area contributed by atoms with Gasteiger partial charge < -0.3 is 10.1 Å². The topological polar surface area (TPSA) is 80.1 Å². The smallest absolute Gasteiger partial charge is 0.309 e. The molecule has 1 fully saturated rings. The maximum absolute atomic E-state index is 11.9. The highest BCUT2D eigenvalue weighted by Gasteiger charge is 2.24. The van der Waals surface area contributed by atoms with E-state index < -0.39 is 0 Å². The Kier molecular flexibility index (Phi) is 6.09. The average Bonchev–Trinajstić information content (AvgIpc) is 3.21. The first-order valence-electron chi connectivity index (χ1n) is 8.74. The summed E-state index contributed by atoms with van der Waals surface area (Å²) in [5.41, 5.74) is 2.07. The van der Waals surface area contributed by atoms with Crippen LogP contribution >= 0.6 is 0 Å². The Labute approximate surface area is 152 Å². The van der Waals surface area contributed by atoms with E-state index in [9.17, 15) is 9.59 Å². The molecule has 0 saturated heterocycles. The van der Waals surface area contributed by atoms with Gasteiger partial charge in [-0.1, -0.05) is 31.0 Å². The number of amides is 1. The molecule has 0 heterocycles. The fourth-order valence-corrected chi connectivity index (χ4v) is 2.83. The number of nitrogens with one attached hydrogen (secondary N) is 1. The minimum absolute atomic E-state index is 0.0444. The maximum Gasteiger partial charge on any atom is 0.309 e. The van der Waals surface area contributed by atoms with Crippen LogP contribution in [0.2, 0.25) is 0 Å². The van der Waals surface area contributed by atoms with Gasteiger partial charge in [0.2, 0.25) is 0 Å². The minimum atomic E-state index is -0.352. The van der Waals surface area contributed by atoms with Gasteiger partial charge in [0.25, 0.3) is 5.91 Å². The van der Waals surface area contributed by atoms with Crippen molar-refractivity contribution in [2.24, 2.45) is 16.1 Å². The predicted molar refractivity (Wildman–Crippen MR) is 98.6 cm³/mol. The van der Waals surface area contributed by atoms with Crippen LogP contribution in [0.1, 0.15) is 25.7 Å². The molecule has 0 aromatic heterocycles. The first-order valence-corrected chi connectivity index (χ1v) is 8.74. The van der Waals surface area contributed by atoms with Crippen molar-refractivity contribution in [2.45, 2.75) is 25.7 Å². The largest absolute Gasteiger partial charge is 0.455 e. The van der Waals surface area contributed by atoms with E-state index in [2.05, 4.69) is 15.5 Å². The van der Waals surface area contributed by atoms with E-state index in [1.165, 1.54) is 0 Å². The lowest BCUT2D eigenvalue weighted by molar-refractivity contribution is -0.151. The van der Waals surface area contributed by atoms with E-state index in [1.54, 1.807) is 24.3 Å². The molecule has 1 aliphatic rings. The summed E-state index contributed by atoms with van der Waals surface area (Å²) in [7, 11) is 0. The summed E-state index contributed by atoms with van der Waals surface area (Å²) in [4.78, 5) is 23.7. The van der Waals surface area contributed by atoms with E-state index in [0.29, 0.717) is 11.4 Å². The Balaban J connectivity index is 1.46. The van der Waals surface area contributed by atoms with Gasteiger partial charge in [-0.3, -0.25) is 9.59 Å². The fourth-order valence-electron chi connectivity index (χ4n) is 2.83. The summed E-state index contributed by atoms with van der Waals surface area (Å²) in [6, 6.07) is 16.4. The second-order valence-corrected chi connectivity index (χ2v) is 6.22. The summed E-state index contributed by atoms with van der Waals surface area (Å²) < 4.78 is 5.09. The van der Waals surface area contributed by atoms with Crippen LogP contribution in [-0.2, 0) is 14.3 Å². The third kappa shape index (κ3) is 5.24. The monoisotopic (exact) mass is 351 g/mol. The Bertz CT molecular complexity index is 767. The van der Waals surface area contributed by atoms with Crippen molar-refractivity contribution in [1.29, 1.82) is 0 Å². The van der Waals surface area contributed by atoms with E-state index in [-0.39, 0.29) is 24.4 Å². The zero-order valence-corrected chi connectivity index (χ0v) is 14.4. The van der Waals surface area contributed by atoms with Gasteiger partial charge >= 0.3 is 5.97 Å². The molecule has 1 N–H and O–H groups in total. The van der Waals surface area contributed by atoms with Crippen LogP contribution in [0, 0.1) is 5.92 Å². The van der Waals surface area contributed by atoms with Crippen LogP contribution in [0.3, 0.4) is 0 Å². The number of rotatable bonds is 6. The molecule has 6 heteroatoms. The molecule has 0 unspecified atom stereocenters. The third-order valence-electron chi connectivity index (χ3n) is 4.22. The summed E-state index contributed by atoms with van der Waals surface area (Å²) in [6.45, 7) is -0.259. The zero-order valence-electron chi connectivity index (χ0n) is 14.4. The fraction of sp³-hybridized carbons (Fsp3) is 0.300. The Morgan fingerprint density at radius 1 is 0.923 bits per heavy atom. The van der Waals surface area contributed by atoms with Crippen molar-refractivity contribution in [3.05, 3.63) is 54.6 Å². The number of hydrogen-bond acceptors (Lipinski definition) is 5. The molecule has 26 heavy (non-hydrogen) atoms. The van der Waals surface area contributed by atoms with Crippen LogP contribution in [-0.4, -0.2) is 18.5 Å². The molecule has 0 spiro atoms. The number of carbonyl (C=O) groups is 2. The number of hydrogen-bond donors (Lipinski definition) is 1. The van der Waals surface area contributed by atoms with Crippen LogP contribution in [0.4, 0.5) is 17.1 Å². The molecule has 1 amide bonds. The highest BCUT2D eigenvalue weighted by molar-refractivity contribution is 5.93. The van der Waals surface area contributed by atoms with Crippen molar-refractivity contribution in [3.63, 3.8) is 0 Å². The quantitative estimate of drug-likeness (QED) is 0.601. The molecule has 2 aromatic rings. The van der Waals surface area contributed by atoms with E-state index in [1.807, 2.05) is 30.3 Å². The van der Waals surface area contributed by atoms with Crippen LogP contribution < -0.4 is 5.32 Å². The Morgan fingerprint density at radius 3 is 2.19 bits per heavy atom. The highest BCUT2D eigenvalue weighted by Crippen LogP contribution is 2.25. The SMILES string of the molecule is O=C(COC(=O)C1CCCC1)Nc1ccc(N=Nc2ccccc2)cc1. The van der Waals surface area contributed by atoms with Gasteiger partial charge in [-0.25, -0.2) is 0 Å². The van der Waals surface area contributed by atoms with E-state index >= 15 is 0 Å². The number of carbonyl (C=O) groups excluding carboxylic acids is 2. The molecule has 3 rings (SSSR count). The molecule has 1 saturated carbocycles. The molecule has 2 aromatic carbocycles. The number of ether oxygens (including phenoxy) is 1. The molecule has 0 radical (unpaired) electrons. The summed E-state index contributed by atoms with van der Waals surface area (Å²) in [5.74, 6) is -0.665. The van der Waals surface area contributed by atoms with Crippen LogP contribution in [0.25, 0.3) is 0 Å². The number of benzene rings is 2. The van der Waals surface area contributed by atoms with E-state index in [0.717, 1.165) is 31.4 Å². The molecule has 0 aliphatic heterocycles. The lowest BCUT2D eigenvalue weighted by atomic mass is 10.1. The van der Waals surface area contributed by atoms with Gasteiger partial charge in [0.1, 0.15) is 0 Å². The van der Waals surface area contributed by atoms with Gasteiger partial charge in [-0.2, -0.15) is 10.2 Å². The molecular weight excluding hydrogens is 330 g/mol.